The molecule has 0 radical (unpaired) electrons. The lowest BCUT2D eigenvalue weighted by molar-refractivity contribution is -0.139. The van der Waals surface area contributed by atoms with Crippen LogP contribution in [0.4, 0.5) is 0 Å². The molecule has 3 heteroatoms. The fourth-order valence-electron chi connectivity index (χ4n) is 3.23. The number of rotatable bonds is 1. The predicted octanol–water partition coefficient (Wildman–Crippen LogP) is 4.33. The minimum absolute atomic E-state index is 0.120. The molecule has 0 fully saturated rings. The highest BCUT2D eigenvalue weighted by molar-refractivity contribution is 5.90. The standard InChI is InChI=1S/C20H30O3/c1-14(2)16-7-8-17-13-18(23-19(17)21)12-15(3)6-5-10-20(4,22)11-9-16/h6,9,11,13-14,16,18,22H,5,7-8,10,12H2,1-4H3/b11-9-,15-6-/t16-,18+,20+/m0/s1. The van der Waals surface area contributed by atoms with E-state index in [9.17, 15) is 9.90 Å². The van der Waals surface area contributed by atoms with Crippen molar-refractivity contribution >= 4 is 5.97 Å². The van der Waals surface area contributed by atoms with Crippen LogP contribution in [0.25, 0.3) is 0 Å². The van der Waals surface area contributed by atoms with Crippen molar-refractivity contribution < 1.29 is 14.6 Å². The highest BCUT2D eigenvalue weighted by Crippen LogP contribution is 2.29. The zero-order valence-electron chi connectivity index (χ0n) is 14.8. The number of ether oxygens (including phenoxy) is 1. The van der Waals surface area contributed by atoms with E-state index in [0.29, 0.717) is 18.3 Å². The zero-order valence-corrected chi connectivity index (χ0v) is 14.8. The maximum absolute atomic E-state index is 12.0. The van der Waals surface area contributed by atoms with Gasteiger partial charge in [-0.2, -0.15) is 0 Å². The molecule has 0 aromatic carbocycles. The Labute approximate surface area is 140 Å². The maximum Gasteiger partial charge on any atom is 0.334 e. The van der Waals surface area contributed by atoms with Crippen molar-refractivity contribution in [2.45, 2.75) is 71.5 Å². The van der Waals surface area contributed by atoms with Crippen molar-refractivity contribution in [1.29, 1.82) is 0 Å². The van der Waals surface area contributed by atoms with Gasteiger partial charge in [-0.1, -0.05) is 37.6 Å². The largest absolute Gasteiger partial charge is 0.454 e. The first-order valence-corrected chi connectivity index (χ1v) is 8.76. The highest BCUT2D eigenvalue weighted by atomic mass is 16.5. The number of allylic oxidation sites excluding steroid dienone is 2. The van der Waals surface area contributed by atoms with Crippen LogP contribution in [-0.2, 0) is 9.53 Å². The highest BCUT2D eigenvalue weighted by Gasteiger charge is 2.26. The number of carbonyl (C=O) groups is 1. The Morgan fingerprint density at radius 3 is 2.83 bits per heavy atom. The summed E-state index contributed by atoms with van der Waals surface area (Å²) in [5.41, 5.74) is 1.24. The van der Waals surface area contributed by atoms with Gasteiger partial charge in [-0.3, -0.25) is 0 Å². The third kappa shape index (κ3) is 5.35. The first-order chi connectivity index (χ1) is 10.8. The Morgan fingerprint density at radius 2 is 2.13 bits per heavy atom. The van der Waals surface area contributed by atoms with E-state index in [2.05, 4.69) is 32.9 Å². The van der Waals surface area contributed by atoms with Crippen molar-refractivity contribution in [3.8, 4) is 0 Å². The van der Waals surface area contributed by atoms with Gasteiger partial charge in [-0.05, 0) is 57.4 Å². The molecule has 3 nitrogen and oxygen atoms in total. The Bertz CT molecular complexity index is 523. The molecule has 0 amide bonds. The van der Waals surface area contributed by atoms with Crippen molar-refractivity contribution in [3.63, 3.8) is 0 Å². The Balaban J connectivity index is 2.22. The van der Waals surface area contributed by atoms with Gasteiger partial charge < -0.3 is 9.84 Å². The normalized spacial score (nSPS) is 36.7. The van der Waals surface area contributed by atoms with Gasteiger partial charge in [0, 0.05) is 12.0 Å². The molecule has 2 aliphatic rings. The molecule has 0 unspecified atom stereocenters. The lowest BCUT2D eigenvalue weighted by Gasteiger charge is -2.22. The smallest absolute Gasteiger partial charge is 0.334 e. The lowest BCUT2D eigenvalue weighted by atomic mass is 9.87. The van der Waals surface area contributed by atoms with E-state index in [1.54, 1.807) is 0 Å². The molecule has 23 heavy (non-hydrogen) atoms. The van der Waals surface area contributed by atoms with E-state index in [1.165, 1.54) is 5.57 Å². The van der Waals surface area contributed by atoms with Gasteiger partial charge >= 0.3 is 5.97 Å². The maximum atomic E-state index is 12.0. The predicted molar refractivity (Wildman–Crippen MR) is 92.9 cm³/mol. The summed E-state index contributed by atoms with van der Waals surface area (Å²) >= 11 is 0. The first kappa shape index (κ1) is 18.0. The number of aliphatic hydroxyl groups is 1. The Hall–Kier alpha value is -1.35. The Kier molecular flexibility index (Phi) is 5.85. The third-order valence-electron chi connectivity index (χ3n) is 4.88. The zero-order chi connectivity index (χ0) is 17.0. The molecule has 0 spiro atoms. The number of hydrogen-bond acceptors (Lipinski definition) is 3. The van der Waals surface area contributed by atoms with Crippen LogP contribution in [0, 0.1) is 11.8 Å². The summed E-state index contributed by atoms with van der Waals surface area (Å²) in [6.45, 7) is 8.30. The quantitative estimate of drug-likeness (QED) is 0.578. The van der Waals surface area contributed by atoms with E-state index < -0.39 is 5.60 Å². The van der Waals surface area contributed by atoms with Crippen LogP contribution >= 0.6 is 0 Å². The van der Waals surface area contributed by atoms with Gasteiger partial charge in [0.1, 0.15) is 6.10 Å². The topological polar surface area (TPSA) is 46.5 Å². The van der Waals surface area contributed by atoms with Gasteiger partial charge in [-0.15, -0.1) is 0 Å². The molecule has 2 rings (SSSR count). The van der Waals surface area contributed by atoms with Gasteiger partial charge in [-0.25, -0.2) is 4.79 Å². The van der Waals surface area contributed by atoms with Crippen LogP contribution in [0.1, 0.15) is 59.8 Å². The molecule has 3 atom stereocenters. The van der Waals surface area contributed by atoms with Gasteiger partial charge in [0.15, 0.2) is 0 Å². The molecule has 0 aromatic rings. The minimum atomic E-state index is -0.779. The molecular formula is C20H30O3. The molecule has 2 bridgehead atoms. The van der Waals surface area contributed by atoms with E-state index in [4.69, 9.17) is 4.74 Å². The van der Waals surface area contributed by atoms with Crippen LogP contribution in [0.15, 0.2) is 35.5 Å². The molecule has 128 valence electrons. The Morgan fingerprint density at radius 1 is 1.39 bits per heavy atom. The van der Waals surface area contributed by atoms with Crippen molar-refractivity contribution in [1.82, 2.24) is 0 Å². The second-order valence-corrected chi connectivity index (χ2v) is 7.59. The van der Waals surface area contributed by atoms with Crippen LogP contribution in [0.5, 0.6) is 0 Å². The minimum Gasteiger partial charge on any atom is -0.454 e. The van der Waals surface area contributed by atoms with Crippen molar-refractivity contribution in [2.75, 3.05) is 0 Å². The van der Waals surface area contributed by atoms with Crippen molar-refractivity contribution in [2.24, 2.45) is 11.8 Å². The number of carbonyl (C=O) groups excluding carboxylic acids is 1. The van der Waals surface area contributed by atoms with E-state index in [-0.39, 0.29) is 12.1 Å². The number of esters is 1. The van der Waals surface area contributed by atoms with Crippen LogP contribution < -0.4 is 0 Å². The van der Waals surface area contributed by atoms with E-state index in [0.717, 1.165) is 31.3 Å². The second kappa shape index (κ2) is 7.48. The summed E-state index contributed by atoms with van der Waals surface area (Å²) in [6.07, 6.45) is 12.0. The van der Waals surface area contributed by atoms with Crippen molar-refractivity contribution in [3.05, 3.63) is 35.5 Å². The number of hydrogen-bond donors (Lipinski definition) is 1. The van der Waals surface area contributed by atoms with Crippen LogP contribution in [0.2, 0.25) is 0 Å². The lowest BCUT2D eigenvalue weighted by Crippen LogP contribution is -2.21. The van der Waals surface area contributed by atoms with Gasteiger partial charge in [0.25, 0.3) is 0 Å². The summed E-state index contributed by atoms with van der Waals surface area (Å²) in [5.74, 6) is 0.677. The van der Waals surface area contributed by atoms with Crippen LogP contribution in [0.3, 0.4) is 0 Å². The monoisotopic (exact) mass is 318 g/mol. The summed E-state index contributed by atoms with van der Waals surface area (Å²) in [7, 11) is 0. The molecule has 1 aliphatic carbocycles. The second-order valence-electron chi connectivity index (χ2n) is 7.59. The summed E-state index contributed by atoms with van der Waals surface area (Å²) in [6, 6.07) is 0. The SMILES string of the molecule is C/C1=C/CC[C@@](C)(O)/C=C\[C@@H](C(C)C)CCC2=C[C@@H](C1)OC2=O. The summed E-state index contributed by atoms with van der Waals surface area (Å²) in [4.78, 5) is 12.0. The summed E-state index contributed by atoms with van der Waals surface area (Å²) in [5, 5.41) is 10.5. The first-order valence-electron chi connectivity index (χ1n) is 8.76. The fraction of sp³-hybridized carbons (Fsp3) is 0.650. The van der Waals surface area contributed by atoms with E-state index >= 15 is 0 Å². The molecule has 0 saturated heterocycles. The molecule has 1 aliphatic heterocycles. The fourth-order valence-corrected chi connectivity index (χ4v) is 3.23. The molecule has 1 N–H and O–H groups in total. The average Bonchev–Trinajstić information content (AvgIpc) is 2.77. The molecular weight excluding hydrogens is 288 g/mol. The summed E-state index contributed by atoms with van der Waals surface area (Å²) < 4.78 is 5.47. The van der Waals surface area contributed by atoms with Gasteiger partial charge in [0.05, 0.1) is 5.60 Å². The number of fused-ring (bicyclic) bond motifs is 1. The van der Waals surface area contributed by atoms with Crippen LogP contribution in [-0.4, -0.2) is 22.8 Å². The molecule has 1 heterocycles. The molecule has 0 aromatic heterocycles. The van der Waals surface area contributed by atoms with Gasteiger partial charge in [0.2, 0.25) is 0 Å². The average molecular weight is 318 g/mol. The molecule has 0 saturated carbocycles. The third-order valence-corrected chi connectivity index (χ3v) is 4.88. The van der Waals surface area contributed by atoms with E-state index in [1.807, 2.05) is 19.1 Å².